The lowest BCUT2D eigenvalue weighted by atomic mass is 9.99. The van der Waals surface area contributed by atoms with Crippen molar-refractivity contribution >= 4 is 5.91 Å². The molecule has 10 heavy (non-hydrogen) atoms. The summed E-state index contributed by atoms with van der Waals surface area (Å²) in [5, 5.41) is 20.6. The minimum Gasteiger partial charge on any atom is -0.388 e. The van der Waals surface area contributed by atoms with Gasteiger partial charge in [0.1, 0.15) is 6.10 Å². The number of rotatable bonds is 0. The van der Waals surface area contributed by atoms with Crippen LogP contribution in [0.3, 0.4) is 0 Å². The van der Waals surface area contributed by atoms with E-state index in [1.54, 1.807) is 0 Å². The predicted molar refractivity (Wildman–Crippen MR) is 34.0 cm³/mol. The standard InChI is InChI=1S/C6H11NO3/c1-6(10)4(8)2-3-5(9)7-6/h4,8,10H,2-3H2,1H3,(H,7,9). The molecule has 3 N–H and O–H groups in total. The molecule has 2 unspecified atom stereocenters. The zero-order valence-corrected chi connectivity index (χ0v) is 5.79. The maximum atomic E-state index is 10.6. The molecule has 4 heteroatoms. The fraction of sp³-hybridized carbons (Fsp3) is 0.833. The summed E-state index contributed by atoms with van der Waals surface area (Å²) in [6.45, 7) is 1.38. The van der Waals surface area contributed by atoms with Crippen LogP contribution in [-0.2, 0) is 4.79 Å². The van der Waals surface area contributed by atoms with Crippen molar-refractivity contribution < 1.29 is 15.0 Å². The number of hydrogen-bond donors (Lipinski definition) is 3. The Morgan fingerprint density at radius 3 is 2.80 bits per heavy atom. The van der Waals surface area contributed by atoms with Gasteiger partial charge in [-0.1, -0.05) is 0 Å². The highest BCUT2D eigenvalue weighted by Crippen LogP contribution is 2.16. The molecule has 1 aliphatic heterocycles. The van der Waals surface area contributed by atoms with Crippen molar-refractivity contribution in [1.29, 1.82) is 0 Å². The molecule has 1 rings (SSSR count). The zero-order valence-electron chi connectivity index (χ0n) is 5.79. The molecule has 0 bridgehead atoms. The van der Waals surface area contributed by atoms with Crippen LogP contribution in [0.25, 0.3) is 0 Å². The first-order chi connectivity index (χ1) is 4.52. The Kier molecular flexibility index (Phi) is 1.66. The van der Waals surface area contributed by atoms with Crippen LogP contribution in [0, 0.1) is 0 Å². The van der Waals surface area contributed by atoms with Gasteiger partial charge < -0.3 is 15.5 Å². The Morgan fingerprint density at radius 1 is 1.80 bits per heavy atom. The Hall–Kier alpha value is -0.610. The third-order valence-electron chi connectivity index (χ3n) is 1.69. The fourth-order valence-electron chi connectivity index (χ4n) is 0.977. The van der Waals surface area contributed by atoms with Gasteiger partial charge in [-0.25, -0.2) is 0 Å². The van der Waals surface area contributed by atoms with Crippen molar-refractivity contribution in [2.24, 2.45) is 0 Å². The van der Waals surface area contributed by atoms with Crippen molar-refractivity contribution in [1.82, 2.24) is 5.32 Å². The van der Waals surface area contributed by atoms with Gasteiger partial charge in [-0.2, -0.15) is 0 Å². The van der Waals surface area contributed by atoms with Crippen molar-refractivity contribution in [2.75, 3.05) is 0 Å². The van der Waals surface area contributed by atoms with Gasteiger partial charge in [0, 0.05) is 6.42 Å². The SMILES string of the molecule is CC1(O)NC(=O)CCC1O. The van der Waals surface area contributed by atoms with Gasteiger partial charge >= 0.3 is 0 Å². The molecule has 0 radical (unpaired) electrons. The second-order valence-electron chi connectivity index (χ2n) is 2.75. The zero-order chi connectivity index (χ0) is 7.78. The molecule has 0 saturated carbocycles. The monoisotopic (exact) mass is 145 g/mol. The van der Waals surface area contributed by atoms with Crippen LogP contribution in [-0.4, -0.2) is 27.9 Å². The highest BCUT2D eigenvalue weighted by atomic mass is 16.4. The molecular formula is C6H11NO3. The van der Waals surface area contributed by atoms with E-state index in [9.17, 15) is 9.90 Å². The van der Waals surface area contributed by atoms with Crippen LogP contribution >= 0.6 is 0 Å². The van der Waals surface area contributed by atoms with Crippen LogP contribution in [0.5, 0.6) is 0 Å². The summed E-state index contributed by atoms with van der Waals surface area (Å²) in [5.41, 5.74) is -1.44. The minimum absolute atomic E-state index is 0.213. The molecule has 0 aromatic carbocycles. The van der Waals surface area contributed by atoms with Crippen LogP contribution in [0.4, 0.5) is 0 Å². The van der Waals surface area contributed by atoms with E-state index < -0.39 is 11.8 Å². The molecule has 0 aromatic rings. The van der Waals surface area contributed by atoms with E-state index in [1.807, 2.05) is 0 Å². The summed E-state index contributed by atoms with van der Waals surface area (Å²) >= 11 is 0. The first-order valence-corrected chi connectivity index (χ1v) is 3.24. The number of nitrogens with one attached hydrogen (secondary N) is 1. The number of hydrogen-bond acceptors (Lipinski definition) is 3. The summed E-state index contributed by atoms with van der Waals surface area (Å²) in [6.07, 6.45) is -0.221. The van der Waals surface area contributed by atoms with Gasteiger partial charge in [-0.05, 0) is 13.3 Å². The van der Waals surface area contributed by atoms with Crippen LogP contribution in [0.2, 0.25) is 0 Å². The molecule has 2 atom stereocenters. The smallest absolute Gasteiger partial charge is 0.222 e. The molecule has 0 spiro atoms. The quantitative estimate of drug-likeness (QED) is 0.408. The highest BCUT2D eigenvalue weighted by Gasteiger charge is 2.35. The first kappa shape index (κ1) is 7.50. The van der Waals surface area contributed by atoms with Crippen molar-refractivity contribution in [2.45, 2.75) is 31.6 Å². The van der Waals surface area contributed by atoms with Gasteiger partial charge in [0.2, 0.25) is 5.91 Å². The van der Waals surface area contributed by atoms with Crippen LogP contribution in [0.15, 0.2) is 0 Å². The molecule has 1 fully saturated rings. The summed E-state index contributed by atoms with van der Waals surface area (Å²) in [7, 11) is 0. The maximum Gasteiger partial charge on any atom is 0.222 e. The minimum atomic E-state index is -1.44. The second kappa shape index (κ2) is 2.21. The third-order valence-corrected chi connectivity index (χ3v) is 1.69. The average molecular weight is 145 g/mol. The van der Waals surface area contributed by atoms with E-state index in [-0.39, 0.29) is 12.3 Å². The molecule has 1 saturated heterocycles. The van der Waals surface area contributed by atoms with Crippen LogP contribution in [0.1, 0.15) is 19.8 Å². The maximum absolute atomic E-state index is 10.6. The lowest BCUT2D eigenvalue weighted by Crippen LogP contribution is -2.57. The molecule has 58 valence electrons. The number of piperidine rings is 1. The number of amides is 1. The van der Waals surface area contributed by atoms with Gasteiger partial charge in [0.15, 0.2) is 5.72 Å². The molecule has 1 amide bonds. The summed E-state index contributed by atoms with van der Waals surface area (Å²) in [6, 6.07) is 0. The molecular weight excluding hydrogens is 134 g/mol. The van der Waals surface area contributed by atoms with Crippen LogP contribution < -0.4 is 5.32 Å². The van der Waals surface area contributed by atoms with Crippen molar-refractivity contribution in [3.63, 3.8) is 0 Å². The summed E-state index contributed by atoms with van der Waals surface area (Å²) in [4.78, 5) is 10.6. The molecule has 4 nitrogen and oxygen atoms in total. The number of carbonyl (C=O) groups is 1. The lowest BCUT2D eigenvalue weighted by molar-refractivity contribution is -0.148. The molecule has 1 heterocycles. The molecule has 0 aromatic heterocycles. The predicted octanol–water partition coefficient (Wildman–Crippen LogP) is -1.03. The second-order valence-corrected chi connectivity index (χ2v) is 2.75. The van der Waals surface area contributed by atoms with Gasteiger partial charge in [-0.3, -0.25) is 4.79 Å². The Morgan fingerprint density at radius 2 is 2.40 bits per heavy atom. The molecule has 1 aliphatic rings. The fourth-order valence-corrected chi connectivity index (χ4v) is 0.977. The summed E-state index contributed by atoms with van der Waals surface area (Å²) in [5.74, 6) is -0.213. The Bertz CT molecular complexity index is 155. The number of carbonyl (C=O) groups excluding carboxylic acids is 1. The third kappa shape index (κ3) is 1.27. The normalized spacial score (nSPS) is 41.1. The van der Waals surface area contributed by atoms with Gasteiger partial charge in [-0.15, -0.1) is 0 Å². The first-order valence-electron chi connectivity index (χ1n) is 3.24. The largest absolute Gasteiger partial charge is 0.388 e. The van der Waals surface area contributed by atoms with Crippen molar-refractivity contribution in [3.8, 4) is 0 Å². The lowest BCUT2D eigenvalue weighted by Gasteiger charge is -2.33. The van der Waals surface area contributed by atoms with Gasteiger partial charge in [0.05, 0.1) is 0 Å². The molecule has 0 aliphatic carbocycles. The highest BCUT2D eigenvalue weighted by molar-refractivity contribution is 5.77. The number of aliphatic hydroxyl groups is 2. The van der Waals surface area contributed by atoms with E-state index in [0.717, 1.165) is 0 Å². The average Bonchev–Trinajstić information content (AvgIpc) is 1.78. The van der Waals surface area contributed by atoms with E-state index in [1.165, 1.54) is 6.92 Å². The van der Waals surface area contributed by atoms with Gasteiger partial charge in [0.25, 0.3) is 0 Å². The van der Waals surface area contributed by atoms with E-state index >= 15 is 0 Å². The van der Waals surface area contributed by atoms with Crippen molar-refractivity contribution in [3.05, 3.63) is 0 Å². The summed E-state index contributed by atoms with van der Waals surface area (Å²) < 4.78 is 0. The van der Waals surface area contributed by atoms with E-state index in [0.29, 0.717) is 6.42 Å². The Labute approximate surface area is 58.9 Å². The Balaban J connectivity index is 2.63. The van der Waals surface area contributed by atoms with E-state index in [4.69, 9.17) is 5.11 Å². The topological polar surface area (TPSA) is 69.6 Å². The van der Waals surface area contributed by atoms with E-state index in [2.05, 4.69) is 5.32 Å². The number of aliphatic hydroxyl groups excluding tert-OH is 1.